The second kappa shape index (κ2) is 5.72. The Labute approximate surface area is 135 Å². The highest BCUT2D eigenvalue weighted by Gasteiger charge is 2.34. The lowest BCUT2D eigenvalue weighted by Crippen LogP contribution is -2.38. The first-order valence-corrected chi connectivity index (χ1v) is 9.47. The number of benzene rings is 1. The van der Waals surface area contributed by atoms with Crippen molar-refractivity contribution in [1.29, 1.82) is 0 Å². The van der Waals surface area contributed by atoms with Crippen LogP contribution in [-0.2, 0) is 10.0 Å². The third-order valence-corrected chi connectivity index (χ3v) is 6.50. The molecule has 0 spiro atoms. The number of hydrogen-bond acceptors (Lipinski definition) is 5. The van der Waals surface area contributed by atoms with Crippen LogP contribution in [0.5, 0.6) is 0 Å². The van der Waals surface area contributed by atoms with Crippen LogP contribution in [0.25, 0.3) is 0 Å². The molecule has 0 amide bonds. The van der Waals surface area contributed by atoms with E-state index in [1.165, 1.54) is 0 Å². The van der Waals surface area contributed by atoms with Crippen LogP contribution in [0, 0.1) is 0 Å². The van der Waals surface area contributed by atoms with Gasteiger partial charge < -0.3 is 4.52 Å². The molecule has 122 valence electrons. The predicted octanol–water partition coefficient (Wildman–Crippen LogP) is 2.52. The molecule has 1 aromatic heterocycles. The summed E-state index contributed by atoms with van der Waals surface area (Å²) in [6, 6.07) is 8.60. The molecule has 6 nitrogen and oxygen atoms in total. The molecule has 4 rings (SSSR count). The van der Waals surface area contributed by atoms with Crippen LogP contribution < -0.4 is 0 Å². The van der Waals surface area contributed by atoms with E-state index < -0.39 is 10.0 Å². The normalized spacial score (nSPS) is 20.7. The van der Waals surface area contributed by atoms with Gasteiger partial charge in [0.1, 0.15) is 0 Å². The molecule has 7 heteroatoms. The molecular formula is C16H19N3O3S. The van der Waals surface area contributed by atoms with Gasteiger partial charge in [0, 0.05) is 24.9 Å². The molecule has 0 unspecified atom stereocenters. The highest BCUT2D eigenvalue weighted by Crippen LogP contribution is 2.40. The average Bonchev–Trinajstić information content (AvgIpc) is 3.33. The van der Waals surface area contributed by atoms with Gasteiger partial charge in [0.2, 0.25) is 15.9 Å². The van der Waals surface area contributed by atoms with Crippen LogP contribution in [0.15, 0.2) is 39.8 Å². The predicted molar refractivity (Wildman–Crippen MR) is 83.4 cm³/mol. The van der Waals surface area contributed by atoms with Crippen LogP contribution in [0.4, 0.5) is 0 Å². The van der Waals surface area contributed by atoms with Crippen LogP contribution in [-0.4, -0.2) is 36.0 Å². The molecule has 2 heterocycles. The maximum atomic E-state index is 12.6. The van der Waals surface area contributed by atoms with Gasteiger partial charge in [-0.25, -0.2) is 8.42 Å². The van der Waals surface area contributed by atoms with Gasteiger partial charge in [-0.2, -0.15) is 9.29 Å². The van der Waals surface area contributed by atoms with Gasteiger partial charge in [-0.1, -0.05) is 23.4 Å². The van der Waals surface area contributed by atoms with Crippen molar-refractivity contribution in [3.8, 4) is 0 Å². The second-order valence-corrected chi connectivity index (χ2v) is 8.19. The maximum absolute atomic E-state index is 12.6. The quantitative estimate of drug-likeness (QED) is 0.859. The molecule has 1 aliphatic carbocycles. The van der Waals surface area contributed by atoms with E-state index in [9.17, 15) is 8.42 Å². The number of piperidine rings is 1. The number of nitrogens with zero attached hydrogens (tertiary/aromatic N) is 3. The number of aromatic nitrogens is 2. The van der Waals surface area contributed by atoms with Gasteiger partial charge in [0.05, 0.1) is 4.90 Å². The van der Waals surface area contributed by atoms with E-state index in [1.807, 2.05) is 6.07 Å². The third-order valence-electron chi connectivity index (χ3n) is 4.58. The Balaban J connectivity index is 1.44. The topological polar surface area (TPSA) is 76.3 Å². The molecule has 1 saturated heterocycles. The van der Waals surface area contributed by atoms with Gasteiger partial charge in [-0.3, -0.25) is 0 Å². The summed E-state index contributed by atoms with van der Waals surface area (Å²) in [5.41, 5.74) is 0. The maximum Gasteiger partial charge on any atom is 0.243 e. The zero-order chi connectivity index (χ0) is 15.9. The van der Waals surface area contributed by atoms with Crippen molar-refractivity contribution >= 4 is 10.0 Å². The molecule has 1 saturated carbocycles. The molecule has 0 N–H and O–H groups in total. The minimum atomic E-state index is -3.40. The molecule has 1 aliphatic heterocycles. The standard InChI is InChI=1S/C16H19N3O3S/c20-23(21,14-4-2-1-3-5-14)19-10-8-12(9-11-19)15-17-16(22-18-15)13-6-7-13/h1-5,12-13H,6-11H2. The van der Waals surface area contributed by atoms with Crippen molar-refractivity contribution in [1.82, 2.24) is 14.4 Å². The highest BCUT2D eigenvalue weighted by atomic mass is 32.2. The van der Waals surface area contributed by atoms with E-state index >= 15 is 0 Å². The first-order chi connectivity index (χ1) is 11.1. The first-order valence-electron chi connectivity index (χ1n) is 8.03. The van der Waals surface area contributed by atoms with Crippen molar-refractivity contribution in [3.63, 3.8) is 0 Å². The fraction of sp³-hybridized carbons (Fsp3) is 0.500. The Morgan fingerprint density at radius 1 is 1.00 bits per heavy atom. The van der Waals surface area contributed by atoms with Gasteiger partial charge in [-0.15, -0.1) is 0 Å². The molecule has 0 radical (unpaired) electrons. The van der Waals surface area contributed by atoms with Crippen molar-refractivity contribution in [2.24, 2.45) is 0 Å². The number of sulfonamides is 1. The van der Waals surface area contributed by atoms with Gasteiger partial charge in [-0.05, 0) is 37.8 Å². The van der Waals surface area contributed by atoms with E-state index in [1.54, 1.807) is 28.6 Å². The van der Waals surface area contributed by atoms with E-state index in [-0.39, 0.29) is 5.92 Å². The highest BCUT2D eigenvalue weighted by molar-refractivity contribution is 7.89. The lowest BCUT2D eigenvalue weighted by Gasteiger charge is -2.29. The van der Waals surface area contributed by atoms with Crippen LogP contribution >= 0.6 is 0 Å². The van der Waals surface area contributed by atoms with Gasteiger partial charge in [0.15, 0.2) is 5.82 Å². The Kier molecular flexibility index (Phi) is 3.69. The van der Waals surface area contributed by atoms with E-state index in [4.69, 9.17) is 4.52 Å². The largest absolute Gasteiger partial charge is 0.339 e. The summed E-state index contributed by atoms with van der Waals surface area (Å²) in [7, 11) is -3.40. The van der Waals surface area contributed by atoms with Gasteiger partial charge >= 0.3 is 0 Å². The van der Waals surface area contributed by atoms with E-state index in [0.29, 0.717) is 23.9 Å². The zero-order valence-corrected chi connectivity index (χ0v) is 13.6. The minimum absolute atomic E-state index is 0.188. The van der Waals surface area contributed by atoms with Crippen molar-refractivity contribution in [3.05, 3.63) is 42.0 Å². The van der Waals surface area contributed by atoms with Crippen LogP contribution in [0.2, 0.25) is 0 Å². The molecule has 0 atom stereocenters. The molecule has 2 aliphatic rings. The molecule has 1 aromatic carbocycles. The third kappa shape index (κ3) is 2.90. The van der Waals surface area contributed by atoms with Crippen molar-refractivity contribution < 1.29 is 12.9 Å². The average molecular weight is 333 g/mol. The summed E-state index contributed by atoms with van der Waals surface area (Å²) in [4.78, 5) is 4.85. The fourth-order valence-electron chi connectivity index (χ4n) is 3.01. The first kappa shape index (κ1) is 14.8. The summed E-state index contributed by atoms with van der Waals surface area (Å²) in [6.45, 7) is 0.990. The molecule has 2 aromatic rings. The number of rotatable bonds is 4. The second-order valence-electron chi connectivity index (χ2n) is 6.26. The van der Waals surface area contributed by atoms with Crippen LogP contribution in [0.3, 0.4) is 0 Å². The molecule has 0 bridgehead atoms. The summed E-state index contributed by atoms with van der Waals surface area (Å²) in [5.74, 6) is 2.13. The summed E-state index contributed by atoms with van der Waals surface area (Å²) in [5, 5.41) is 4.09. The molecule has 23 heavy (non-hydrogen) atoms. The van der Waals surface area contributed by atoms with Crippen molar-refractivity contribution in [2.45, 2.75) is 42.4 Å². The Morgan fingerprint density at radius 2 is 1.70 bits per heavy atom. The molecular weight excluding hydrogens is 314 g/mol. The summed E-state index contributed by atoms with van der Waals surface area (Å²) < 4.78 is 32.1. The minimum Gasteiger partial charge on any atom is -0.339 e. The number of hydrogen-bond donors (Lipinski definition) is 0. The zero-order valence-electron chi connectivity index (χ0n) is 12.8. The lowest BCUT2D eigenvalue weighted by atomic mass is 9.97. The Bertz CT molecular complexity index is 776. The smallest absolute Gasteiger partial charge is 0.243 e. The fourth-order valence-corrected chi connectivity index (χ4v) is 4.50. The van der Waals surface area contributed by atoms with Crippen LogP contribution in [0.1, 0.15) is 49.2 Å². The molecule has 2 fully saturated rings. The summed E-state index contributed by atoms with van der Waals surface area (Å²) in [6.07, 6.45) is 3.73. The van der Waals surface area contributed by atoms with E-state index in [2.05, 4.69) is 10.1 Å². The monoisotopic (exact) mass is 333 g/mol. The SMILES string of the molecule is O=S(=O)(c1ccccc1)N1CCC(c2noc(C3CC3)n2)CC1. The summed E-state index contributed by atoms with van der Waals surface area (Å²) >= 11 is 0. The van der Waals surface area contributed by atoms with E-state index in [0.717, 1.165) is 37.4 Å². The van der Waals surface area contributed by atoms with Crippen molar-refractivity contribution in [2.75, 3.05) is 13.1 Å². The Morgan fingerprint density at radius 3 is 2.35 bits per heavy atom. The van der Waals surface area contributed by atoms with Gasteiger partial charge in [0.25, 0.3) is 0 Å². The Hall–Kier alpha value is -1.73. The lowest BCUT2D eigenvalue weighted by molar-refractivity contribution is 0.305.